The molecule has 188 valence electrons. The first-order chi connectivity index (χ1) is 16.3. The van der Waals surface area contributed by atoms with Crippen molar-refractivity contribution in [3.63, 3.8) is 0 Å². The maximum Gasteiger partial charge on any atom is 0.414 e. The number of amides is 3. The Bertz CT molecular complexity index is 1260. The third-order valence-corrected chi connectivity index (χ3v) is 6.59. The molecule has 2 aromatic rings. The van der Waals surface area contributed by atoms with Crippen LogP contribution in [0.4, 0.5) is 26.7 Å². The molecule has 0 saturated heterocycles. The summed E-state index contributed by atoms with van der Waals surface area (Å²) in [5, 5.41) is 2.65. The average Bonchev–Trinajstić information content (AvgIpc) is 2.76. The van der Waals surface area contributed by atoms with E-state index in [1.165, 1.54) is 31.1 Å². The van der Waals surface area contributed by atoms with Gasteiger partial charge in [0.25, 0.3) is 0 Å². The number of hydrogen-bond donors (Lipinski definition) is 1. The van der Waals surface area contributed by atoms with Gasteiger partial charge in [-0.3, -0.25) is 15.0 Å². The summed E-state index contributed by atoms with van der Waals surface area (Å²) in [4.78, 5) is 40.7. The molecule has 10 nitrogen and oxygen atoms in total. The monoisotopic (exact) mass is 503 g/mol. The Kier molecular flexibility index (Phi) is 7.39. The Hall–Kier alpha value is -3.60. The number of methoxy groups -OCH3 is 1. The molecule has 1 aliphatic rings. The Morgan fingerprint density at radius 1 is 1.09 bits per heavy atom. The quantitative estimate of drug-likeness (QED) is 0.668. The summed E-state index contributed by atoms with van der Waals surface area (Å²) < 4.78 is 34.0. The molecule has 0 saturated carbocycles. The molecule has 0 spiro atoms. The van der Waals surface area contributed by atoms with Crippen LogP contribution in [0.3, 0.4) is 0 Å². The zero-order valence-electron chi connectivity index (χ0n) is 20.5. The first-order valence-corrected chi connectivity index (χ1v) is 12.8. The summed E-state index contributed by atoms with van der Waals surface area (Å²) in [5.41, 5.74) is 2.23. The van der Waals surface area contributed by atoms with Crippen LogP contribution in [0, 0.1) is 0 Å². The molecular formula is C24H29N3O7S. The van der Waals surface area contributed by atoms with Gasteiger partial charge in [0.1, 0.15) is 0 Å². The lowest BCUT2D eigenvalue weighted by Crippen LogP contribution is -2.51. The number of ether oxygens (including phenoxy) is 2. The molecule has 0 aliphatic carbocycles. The number of nitrogens with zero attached hydrogens (tertiary/aromatic N) is 2. The normalized spacial score (nSPS) is 15.5. The standard InChI is InChI=1S/C24H29N3O7S/c1-14(2)34-24(30)26-13-15(3)27(16(4)28)22-12-20(25-23(29)33-5)19(11-21(22)26)17-7-9-18(10-8-17)35(6,31)32/h7-12,14-15H,13H2,1-6H3,(H,25,29)/t15-/m0/s1. The first kappa shape index (κ1) is 26.0. The third kappa shape index (κ3) is 5.56. The summed E-state index contributed by atoms with van der Waals surface area (Å²) >= 11 is 0. The lowest BCUT2D eigenvalue weighted by molar-refractivity contribution is -0.117. The van der Waals surface area contributed by atoms with Gasteiger partial charge in [-0.1, -0.05) is 12.1 Å². The Morgan fingerprint density at radius 3 is 2.23 bits per heavy atom. The highest BCUT2D eigenvalue weighted by atomic mass is 32.2. The highest BCUT2D eigenvalue weighted by Crippen LogP contribution is 2.43. The second-order valence-electron chi connectivity index (χ2n) is 8.58. The van der Waals surface area contributed by atoms with Crippen molar-refractivity contribution >= 4 is 45.0 Å². The molecule has 0 aromatic heterocycles. The number of rotatable bonds is 4. The minimum Gasteiger partial charge on any atom is -0.453 e. The lowest BCUT2D eigenvalue weighted by Gasteiger charge is -2.41. The number of anilines is 3. The van der Waals surface area contributed by atoms with E-state index in [9.17, 15) is 22.8 Å². The molecule has 3 rings (SSSR count). The Morgan fingerprint density at radius 2 is 1.71 bits per heavy atom. The minimum atomic E-state index is -3.41. The SMILES string of the molecule is COC(=O)Nc1cc2c(cc1-c1ccc(S(C)(=O)=O)cc1)N(C(=O)OC(C)C)C[C@H](C)N2C(C)=O. The molecule has 1 heterocycles. The van der Waals surface area contributed by atoms with Gasteiger partial charge in [-0.2, -0.15) is 0 Å². The summed E-state index contributed by atoms with van der Waals surface area (Å²) in [6.45, 7) is 6.92. The second-order valence-corrected chi connectivity index (χ2v) is 10.6. The van der Waals surface area contributed by atoms with E-state index in [1.807, 2.05) is 6.92 Å². The van der Waals surface area contributed by atoms with E-state index < -0.39 is 22.0 Å². The number of carbonyl (C=O) groups excluding carboxylic acids is 3. The molecule has 3 amide bonds. The van der Waals surface area contributed by atoms with Gasteiger partial charge >= 0.3 is 12.2 Å². The van der Waals surface area contributed by atoms with Crippen molar-refractivity contribution in [2.24, 2.45) is 0 Å². The van der Waals surface area contributed by atoms with Crippen LogP contribution in [0.5, 0.6) is 0 Å². The fourth-order valence-electron chi connectivity index (χ4n) is 3.97. The molecule has 1 atom stereocenters. The largest absolute Gasteiger partial charge is 0.453 e. The maximum atomic E-state index is 12.9. The first-order valence-electron chi connectivity index (χ1n) is 10.9. The van der Waals surface area contributed by atoms with Crippen LogP contribution in [0.2, 0.25) is 0 Å². The minimum absolute atomic E-state index is 0.139. The summed E-state index contributed by atoms with van der Waals surface area (Å²) in [6.07, 6.45) is -0.534. The second kappa shape index (κ2) is 9.95. The van der Waals surface area contributed by atoms with E-state index >= 15 is 0 Å². The lowest BCUT2D eigenvalue weighted by atomic mass is 9.98. The molecule has 1 aliphatic heterocycles. The van der Waals surface area contributed by atoms with Gasteiger partial charge in [-0.05, 0) is 50.6 Å². The van der Waals surface area contributed by atoms with E-state index in [1.54, 1.807) is 43.0 Å². The number of hydrogen-bond acceptors (Lipinski definition) is 7. The van der Waals surface area contributed by atoms with Crippen LogP contribution in [-0.2, 0) is 24.1 Å². The van der Waals surface area contributed by atoms with E-state index in [4.69, 9.17) is 9.47 Å². The Labute approximate surface area is 204 Å². The van der Waals surface area contributed by atoms with Crippen molar-refractivity contribution in [2.75, 3.05) is 35.0 Å². The summed E-state index contributed by atoms with van der Waals surface area (Å²) in [7, 11) is -2.18. The molecule has 0 unspecified atom stereocenters. The highest BCUT2D eigenvalue weighted by Gasteiger charge is 2.36. The van der Waals surface area contributed by atoms with E-state index in [2.05, 4.69) is 5.32 Å². The maximum absolute atomic E-state index is 12.9. The number of nitrogens with one attached hydrogen (secondary N) is 1. The van der Waals surface area contributed by atoms with Gasteiger partial charge in [0, 0.05) is 25.3 Å². The highest BCUT2D eigenvalue weighted by molar-refractivity contribution is 7.90. The van der Waals surface area contributed by atoms with E-state index in [-0.39, 0.29) is 29.5 Å². The number of carbonyl (C=O) groups is 3. The molecule has 0 bridgehead atoms. The number of fused-ring (bicyclic) bond motifs is 1. The summed E-state index contributed by atoms with van der Waals surface area (Å²) in [5.74, 6) is -0.232. The molecule has 35 heavy (non-hydrogen) atoms. The number of sulfone groups is 1. The van der Waals surface area contributed by atoms with Crippen molar-refractivity contribution < 1.29 is 32.3 Å². The summed E-state index contributed by atoms with van der Waals surface area (Å²) in [6, 6.07) is 9.03. The average molecular weight is 504 g/mol. The predicted octanol–water partition coefficient (Wildman–Crippen LogP) is 4.04. The van der Waals surface area contributed by atoms with Crippen LogP contribution < -0.4 is 15.1 Å². The van der Waals surface area contributed by atoms with Gasteiger partial charge in [0.15, 0.2) is 9.84 Å². The van der Waals surface area contributed by atoms with Gasteiger partial charge in [-0.25, -0.2) is 18.0 Å². The van der Waals surface area contributed by atoms with Crippen molar-refractivity contribution in [1.82, 2.24) is 0 Å². The van der Waals surface area contributed by atoms with E-state index in [0.29, 0.717) is 28.2 Å². The van der Waals surface area contributed by atoms with Gasteiger partial charge < -0.3 is 14.4 Å². The van der Waals surface area contributed by atoms with Crippen LogP contribution in [0.25, 0.3) is 11.1 Å². The fourth-order valence-corrected chi connectivity index (χ4v) is 4.60. The van der Waals surface area contributed by atoms with Crippen LogP contribution in [0.15, 0.2) is 41.3 Å². The fraction of sp³-hybridized carbons (Fsp3) is 0.375. The van der Waals surface area contributed by atoms with Crippen LogP contribution in [0.1, 0.15) is 27.7 Å². The van der Waals surface area contributed by atoms with Crippen LogP contribution >= 0.6 is 0 Å². The van der Waals surface area contributed by atoms with Gasteiger partial charge in [0.2, 0.25) is 5.91 Å². The zero-order valence-corrected chi connectivity index (χ0v) is 21.3. The van der Waals surface area contributed by atoms with Crippen LogP contribution in [-0.4, -0.2) is 58.6 Å². The molecule has 11 heteroatoms. The molecule has 2 aromatic carbocycles. The van der Waals surface area contributed by atoms with Crippen molar-refractivity contribution in [3.8, 4) is 11.1 Å². The predicted molar refractivity (Wildman–Crippen MR) is 133 cm³/mol. The Balaban J connectivity index is 2.26. The molecule has 0 fully saturated rings. The smallest absolute Gasteiger partial charge is 0.414 e. The van der Waals surface area contributed by atoms with Gasteiger partial charge in [-0.15, -0.1) is 0 Å². The molecule has 1 N–H and O–H groups in total. The van der Waals surface area contributed by atoms with Crippen molar-refractivity contribution in [1.29, 1.82) is 0 Å². The topological polar surface area (TPSA) is 122 Å². The molecular weight excluding hydrogens is 474 g/mol. The zero-order chi connectivity index (χ0) is 26.1. The third-order valence-electron chi connectivity index (χ3n) is 5.46. The molecule has 0 radical (unpaired) electrons. The number of benzene rings is 2. The van der Waals surface area contributed by atoms with Crippen molar-refractivity contribution in [2.45, 2.75) is 44.7 Å². The van der Waals surface area contributed by atoms with Gasteiger partial charge in [0.05, 0.1) is 41.2 Å². The van der Waals surface area contributed by atoms with E-state index in [0.717, 1.165) is 6.26 Å². The van der Waals surface area contributed by atoms with Crippen molar-refractivity contribution in [3.05, 3.63) is 36.4 Å².